The number of halogens is 1. The number of carbonyl (C=O) groups is 1. The number of hydrogen-bond acceptors (Lipinski definition) is 4. The smallest absolute Gasteiger partial charge is 0.237 e. The largest absolute Gasteiger partial charge is 0.352 e. The van der Waals surface area contributed by atoms with Crippen molar-refractivity contribution in [3.63, 3.8) is 0 Å². The molecule has 1 amide bonds. The van der Waals surface area contributed by atoms with Gasteiger partial charge in [-0.25, -0.2) is 0 Å². The monoisotopic (exact) mass is 318 g/mol. The van der Waals surface area contributed by atoms with Crippen molar-refractivity contribution >= 4 is 41.4 Å². The normalized spacial score (nSPS) is 23.3. The number of amides is 1. The third-order valence-electron chi connectivity index (χ3n) is 3.60. The molecule has 0 aliphatic carbocycles. The summed E-state index contributed by atoms with van der Waals surface area (Å²) < 4.78 is 0. The molecule has 1 saturated heterocycles. The number of carbonyl (C=O) groups excluding carboxylic acids is 1. The molecule has 2 aliphatic heterocycles. The van der Waals surface area contributed by atoms with Gasteiger partial charge in [-0.05, 0) is 55.1 Å². The number of hydrogen-bond donors (Lipinski definition) is 2. The van der Waals surface area contributed by atoms with Gasteiger partial charge in [-0.1, -0.05) is 0 Å². The summed E-state index contributed by atoms with van der Waals surface area (Å²) in [6, 6.07) is 2.49. The molecule has 2 N–H and O–H groups in total. The maximum atomic E-state index is 12.4. The maximum absolute atomic E-state index is 12.4. The van der Waals surface area contributed by atoms with E-state index in [1.165, 1.54) is 10.4 Å². The van der Waals surface area contributed by atoms with Gasteiger partial charge in [0.2, 0.25) is 5.91 Å². The van der Waals surface area contributed by atoms with E-state index in [-0.39, 0.29) is 23.6 Å². The highest BCUT2D eigenvalue weighted by Gasteiger charge is 2.29. The van der Waals surface area contributed by atoms with Crippen LogP contribution in [0.3, 0.4) is 0 Å². The van der Waals surface area contributed by atoms with Crippen LogP contribution in [-0.2, 0) is 11.2 Å². The van der Waals surface area contributed by atoms with E-state index in [1.807, 2.05) is 0 Å². The van der Waals surface area contributed by atoms with Gasteiger partial charge in [-0.3, -0.25) is 4.79 Å². The Morgan fingerprint density at radius 3 is 2.95 bits per heavy atom. The van der Waals surface area contributed by atoms with E-state index in [4.69, 9.17) is 0 Å². The summed E-state index contributed by atoms with van der Waals surface area (Å²) in [6.07, 6.45) is 3.23. The molecule has 3 nitrogen and oxygen atoms in total. The standard InChI is InChI=1S/C13H18N2OS2.ClH/c16-13(15-9-1-5-14-6-2-9)12-10-3-7-17-11(10)4-8-18-12;/h3,7,9,12,14H,1-2,4-6,8H2,(H,15,16);1H. The van der Waals surface area contributed by atoms with Crippen LogP contribution in [0.4, 0.5) is 0 Å². The molecule has 6 heteroatoms. The van der Waals surface area contributed by atoms with Gasteiger partial charge in [0.1, 0.15) is 5.25 Å². The van der Waals surface area contributed by atoms with Gasteiger partial charge in [-0.15, -0.1) is 35.5 Å². The SMILES string of the molecule is Cl.O=C(NC1CCNCC1)C1SCCc2sccc21. The van der Waals surface area contributed by atoms with E-state index < -0.39 is 0 Å². The molecular weight excluding hydrogens is 300 g/mol. The van der Waals surface area contributed by atoms with Crippen molar-refractivity contribution in [2.45, 2.75) is 30.6 Å². The molecule has 0 radical (unpaired) electrons. The Kier molecular flexibility index (Phi) is 5.57. The van der Waals surface area contributed by atoms with Crippen molar-refractivity contribution in [1.82, 2.24) is 10.6 Å². The topological polar surface area (TPSA) is 41.1 Å². The zero-order chi connectivity index (χ0) is 12.4. The molecule has 1 atom stereocenters. The second-order valence-corrected chi connectivity index (χ2v) is 7.05. The quantitative estimate of drug-likeness (QED) is 0.879. The fraction of sp³-hybridized carbons (Fsp3) is 0.615. The Bertz CT molecular complexity index is 432. The van der Waals surface area contributed by atoms with Gasteiger partial charge < -0.3 is 10.6 Å². The Morgan fingerprint density at radius 1 is 1.37 bits per heavy atom. The number of piperidine rings is 1. The summed E-state index contributed by atoms with van der Waals surface area (Å²) in [7, 11) is 0. The van der Waals surface area contributed by atoms with Crippen LogP contribution in [0, 0.1) is 0 Å². The number of nitrogens with one attached hydrogen (secondary N) is 2. The molecule has 19 heavy (non-hydrogen) atoms. The molecule has 106 valence electrons. The maximum Gasteiger partial charge on any atom is 0.237 e. The molecule has 1 fully saturated rings. The minimum Gasteiger partial charge on any atom is -0.352 e. The number of fused-ring (bicyclic) bond motifs is 1. The fourth-order valence-electron chi connectivity index (χ4n) is 2.61. The lowest BCUT2D eigenvalue weighted by atomic mass is 10.1. The predicted octanol–water partition coefficient (Wildman–Crippen LogP) is 2.37. The van der Waals surface area contributed by atoms with Crippen molar-refractivity contribution < 1.29 is 4.79 Å². The summed E-state index contributed by atoms with van der Waals surface area (Å²) in [6.45, 7) is 2.04. The molecular formula is C13H19ClN2OS2. The molecule has 0 spiro atoms. The van der Waals surface area contributed by atoms with Crippen LogP contribution in [-0.4, -0.2) is 30.8 Å². The second-order valence-electron chi connectivity index (χ2n) is 4.83. The molecule has 1 aromatic rings. The van der Waals surface area contributed by atoms with Crippen LogP contribution in [0.2, 0.25) is 0 Å². The molecule has 0 bridgehead atoms. The van der Waals surface area contributed by atoms with Crippen LogP contribution in [0.15, 0.2) is 11.4 Å². The van der Waals surface area contributed by atoms with Crippen LogP contribution >= 0.6 is 35.5 Å². The molecule has 1 unspecified atom stereocenters. The fourth-order valence-corrected chi connectivity index (χ4v) is 4.91. The summed E-state index contributed by atoms with van der Waals surface area (Å²) >= 11 is 3.58. The van der Waals surface area contributed by atoms with E-state index in [1.54, 1.807) is 23.1 Å². The van der Waals surface area contributed by atoms with Crippen LogP contribution in [0.25, 0.3) is 0 Å². The minimum atomic E-state index is 0. The first kappa shape index (κ1) is 15.2. The van der Waals surface area contributed by atoms with Crippen molar-refractivity contribution in [2.24, 2.45) is 0 Å². The second kappa shape index (κ2) is 6.97. The van der Waals surface area contributed by atoms with E-state index in [2.05, 4.69) is 22.1 Å². The molecule has 3 rings (SSSR count). The number of aryl methyl sites for hydroxylation is 1. The minimum absolute atomic E-state index is 0. The number of thioether (sulfide) groups is 1. The van der Waals surface area contributed by atoms with E-state index >= 15 is 0 Å². The lowest BCUT2D eigenvalue weighted by molar-refractivity contribution is -0.121. The molecule has 1 aromatic heterocycles. The highest BCUT2D eigenvalue weighted by molar-refractivity contribution is 8.00. The van der Waals surface area contributed by atoms with Crippen LogP contribution in [0.1, 0.15) is 28.5 Å². The average molecular weight is 319 g/mol. The van der Waals surface area contributed by atoms with Gasteiger partial charge in [0.25, 0.3) is 0 Å². The summed E-state index contributed by atoms with van der Waals surface area (Å²) in [5, 5.41) is 8.68. The van der Waals surface area contributed by atoms with Gasteiger partial charge >= 0.3 is 0 Å². The predicted molar refractivity (Wildman–Crippen MR) is 84.5 cm³/mol. The molecule has 0 saturated carbocycles. The third-order valence-corrected chi connectivity index (χ3v) is 5.84. The Hall–Kier alpha value is -0.230. The van der Waals surface area contributed by atoms with Crippen molar-refractivity contribution in [3.05, 3.63) is 21.9 Å². The average Bonchev–Trinajstić information content (AvgIpc) is 2.87. The first-order valence-electron chi connectivity index (χ1n) is 6.53. The van der Waals surface area contributed by atoms with Gasteiger partial charge in [-0.2, -0.15) is 0 Å². The summed E-state index contributed by atoms with van der Waals surface area (Å²) in [5.74, 6) is 1.28. The van der Waals surface area contributed by atoms with E-state index in [0.29, 0.717) is 6.04 Å². The van der Waals surface area contributed by atoms with Crippen LogP contribution in [0.5, 0.6) is 0 Å². The van der Waals surface area contributed by atoms with Gasteiger partial charge in [0.05, 0.1) is 0 Å². The van der Waals surface area contributed by atoms with E-state index in [0.717, 1.165) is 38.1 Å². The summed E-state index contributed by atoms with van der Waals surface area (Å²) in [5.41, 5.74) is 1.25. The summed E-state index contributed by atoms with van der Waals surface area (Å²) in [4.78, 5) is 13.8. The Balaban J connectivity index is 0.00000133. The molecule has 2 aliphatic rings. The Labute approximate surface area is 128 Å². The van der Waals surface area contributed by atoms with Crippen molar-refractivity contribution in [1.29, 1.82) is 0 Å². The highest BCUT2D eigenvalue weighted by Crippen LogP contribution is 2.39. The third kappa shape index (κ3) is 3.45. The van der Waals surface area contributed by atoms with Gasteiger partial charge in [0.15, 0.2) is 0 Å². The molecule has 3 heterocycles. The lowest BCUT2D eigenvalue weighted by Gasteiger charge is -2.27. The number of thiophene rings is 1. The van der Waals surface area contributed by atoms with E-state index in [9.17, 15) is 4.79 Å². The number of rotatable bonds is 2. The highest BCUT2D eigenvalue weighted by atomic mass is 35.5. The van der Waals surface area contributed by atoms with Crippen molar-refractivity contribution in [3.8, 4) is 0 Å². The Morgan fingerprint density at radius 2 is 2.16 bits per heavy atom. The first-order chi connectivity index (χ1) is 8.84. The van der Waals surface area contributed by atoms with Crippen molar-refractivity contribution in [2.75, 3.05) is 18.8 Å². The van der Waals surface area contributed by atoms with Crippen LogP contribution < -0.4 is 10.6 Å². The zero-order valence-corrected chi connectivity index (χ0v) is 13.1. The van der Waals surface area contributed by atoms with Gasteiger partial charge in [0, 0.05) is 10.9 Å². The molecule has 0 aromatic carbocycles. The lowest BCUT2D eigenvalue weighted by Crippen LogP contribution is -2.44. The zero-order valence-electron chi connectivity index (χ0n) is 10.7. The first-order valence-corrected chi connectivity index (χ1v) is 8.46.